The van der Waals surface area contributed by atoms with Crippen molar-refractivity contribution in [3.8, 4) is 5.75 Å². The quantitative estimate of drug-likeness (QED) is 0.347. The van der Waals surface area contributed by atoms with Crippen LogP contribution in [0.2, 0.25) is 5.02 Å². The first-order valence-electron chi connectivity index (χ1n) is 17.6. The molecule has 282 valence electrons. The van der Waals surface area contributed by atoms with E-state index in [0.717, 1.165) is 23.8 Å². The van der Waals surface area contributed by atoms with Gasteiger partial charge in [-0.3, -0.25) is 23.7 Å². The number of carbonyl (C=O) groups excluding carboxylic acids is 2. The Morgan fingerprint density at radius 2 is 1.94 bits per heavy atom. The van der Waals surface area contributed by atoms with Crippen LogP contribution >= 0.6 is 11.6 Å². The summed E-state index contributed by atoms with van der Waals surface area (Å²) >= 11 is 6.22. The molecule has 2 amide bonds. The van der Waals surface area contributed by atoms with E-state index in [1.165, 1.54) is 16.9 Å². The smallest absolute Gasteiger partial charge is 0.416 e. The molecular weight excluding hydrogens is 715 g/mol. The van der Waals surface area contributed by atoms with Crippen LogP contribution in [0.1, 0.15) is 78.6 Å². The second-order valence-corrected chi connectivity index (χ2v) is 14.9. The number of ether oxygens (including phenoxy) is 1. The minimum atomic E-state index is -4.60. The lowest BCUT2D eigenvalue weighted by Crippen LogP contribution is -2.41. The van der Waals surface area contributed by atoms with Crippen LogP contribution in [0.4, 0.5) is 18.9 Å². The number of aromatic nitrogens is 5. The van der Waals surface area contributed by atoms with Crippen LogP contribution < -0.4 is 10.9 Å². The van der Waals surface area contributed by atoms with Crippen LogP contribution in [0.5, 0.6) is 5.75 Å². The summed E-state index contributed by atoms with van der Waals surface area (Å²) in [5.74, 6) is -0.585. The van der Waals surface area contributed by atoms with E-state index in [1.54, 1.807) is 34.4 Å². The number of hydrogen-bond acceptors (Lipinski definition) is 7. The van der Waals surface area contributed by atoms with E-state index in [-0.39, 0.29) is 64.0 Å². The fourth-order valence-corrected chi connectivity index (χ4v) is 9.04. The van der Waals surface area contributed by atoms with Gasteiger partial charge in [0.25, 0.3) is 11.5 Å². The van der Waals surface area contributed by atoms with Crippen LogP contribution in [0.15, 0.2) is 47.4 Å². The molecule has 1 saturated carbocycles. The number of alkyl halides is 3. The first-order chi connectivity index (χ1) is 25.1. The topological polar surface area (TPSA) is 137 Å². The van der Waals surface area contributed by atoms with Crippen molar-refractivity contribution in [3.05, 3.63) is 86.3 Å². The number of halogens is 4. The molecule has 1 spiro atoms. The molecular formula is C37H41ClF3N7O5. The summed E-state index contributed by atoms with van der Waals surface area (Å²) in [5, 5.41) is 17.7. The van der Waals surface area contributed by atoms with Crippen LogP contribution in [0.3, 0.4) is 0 Å². The Morgan fingerprint density at radius 3 is 2.62 bits per heavy atom. The van der Waals surface area contributed by atoms with Crippen LogP contribution in [0, 0.1) is 11.8 Å². The fourth-order valence-electron chi connectivity index (χ4n) is 8.81. The van der Waals surface area contributed by atoms with Gasteiger partial charge >= 0.3 is 6.18 Å². The molecule has 12 nitrogen and oxygen atoms in total. The lowest BCUT2D eigenvalue weighted by atomic mass is 9.72. The predicted octanol–water partition coefficient (Wildman–Crippen LogP) is 5.58. The summed E-state index contributed by atoms with van der Waals surface area (Å²) in [6, 6.07) is 5.51. The summed E-state index contributed by atoms with van der Waals surface area (Å²) in [7, 11) is 3.40. The predicted molar refractivity (Wildman–Crippen MR) is 190 cm³/mol. The molecule has 1 aromatic carbocycles. The Hall–Kier alpha value is -4.63. The molecule has 4 aliphatic rings. The standard InChI is InChI=1S/C37H41ClF3N7O5/c1-20-9-12-36(13-15-47(20)35(52)31-26(49)6-5-14-42-31)29-21(2)28(29)32-30(36)34(51)45(3)44-33(22-10-16-53-17-11-22)46(4)48(32)19-27(50)43-25-8-7-23(18-24(25)38)37(39,40)41/h5-8,10,14,18,20-21,28-29,49H,9,11-13,15-17,19H2,1-4H3,(H,43,50). The van der Waals surface area contributed by atoms with Crippen molar-refractivity contribution in [1.82, 2.24) is 29.0 Å². The minimum absolute atomic E-state index is 0.0208. The van der Waals surface area contributed by atoms with E-state index in [2.05, 4.69) is 17.2 Å². The van der Waals surface area contributed by atoms with Gasteiger partial charge in [0.15, 0.2) is 11.5 Å². The van der Waals surface area contributed by atoms with Gasteiger partial charge < -0.3 is 20.1 Å². The first kappa shape index (κ1) is 36.7. The molecule has 5 unspecified atom stereocenters. The fraction of sp³-hybridized carbons (Fsp3) is 0.486. The Bertz CT molecular complexity index is 2140. The van der Waals surface area contributed by atoms with Crippen LogP contribution in [0.25, 0.3) is 5.57 Å². The van der Waals surface area contributed by atoms with Gasteiger partial charge in [0.05, 0.1) is 29.5 Å². The van der Waals surface area contributed by atoms with Crippen LogP contribution in [-0.4, -0.2) is 71.7 Å². The molecule has 2 aromatic heterocycles. The Kier molecular flexibility index (Phi) is 9.46. The molecule has 1 saturated heterocycles. The Morgan fingerprint density at radius 1 is 1.17 bits per heavy atom. The van der Waals surface area contributed by atoms with Crippen molar-refractivity contribution in [1.29, 1.82) is 0 Å². The highest BCUT2D eigenvalue weighted by atomic mass is 35.5. The number of carbonyl (C=O) groups is 2. The number of pyridine rings is 1. The van der Waals surface area contributed by atoms with Crippen molar-refractivity contribution < 1.29 is 32.6 Å². The van der Waals surface area contributed by atoms with Gasteiger partial charge in [-0.05, 0) is 80.3 Å². The molecule has 2 aliphatic heterocycles. The van der Waals surface area contributed by atoms with Gasteiger partial charge in [0, 0.05) is 55.5 Å². The summed E-state index contributed by atoms with van der Waals surface area (Å²) in [5.41, 5.74) is 0.177. The number of likely N-dealkylation sites (tertiary alicyclic amines) is 1. The third-order valence-corrected chi connectivity index (χ3v) is 11.8. The summed E-state index contributed by atoms with van der Waals surface area (Å²) in [4.78, 5) is 48.3. The second kappa shape index (κ2) is 13.7. The lowest BCUT2D eigenvalue weighted by molar-refractivity contribution is -0.137. The highest BCUT2D eigenvalue weighted by molar-refractivity contribution is 6.33. The average molecular weight is 756 g/mol. The number of aromatic hydroxyl groups is 1. The van der Waals surface area contributed by atoms with E-state index in [1.807, 2.05) is 13.0 Å². The molecule has 3 aromatic rings. The number of aryl methyl sites for hydroxylation is 1. The van der Waals surface area contributed by atoms with Crippen molar-refractivity contribution in [2.75, 3.05) is 25.1 Å². The van der Waals surface area contributed by atoms with Gasteiger partial charge in [0.1, 0.15) is 12.3 Å². The average Bonchev–Trinajstić information content (AvgIpc) is 3.74. The van der Waals surface area contributed by atoms with Crippen molar-refractivity contribution in [2.24, 2.45) is 25.9 Å². The number of fused-ring (bicyclic) bond motifs is 5. The minimum Gasteiger partial charge on any atom is -0.505 e. The molecule has 4 heterocycles. The maximum absolute atomic E-state index is 14.8. The normalized spacial score (nSPS) is 24.9. The van der Waals surface area contributed by atoms with Crippen LogP contribution in [-0.2, 0) is 41.8 Å². The highest BCUT2D eigenvalue weighted by Crippen LogP contribution is 2.71. The largest absolute Gasteiger partial charge is 0.505 e. The molecule has 53 heavy (non-hydrogen) atoms. The summed E-state index contributed by atoms with van der Waals surface area (Å²) in [6.45, 7) is 4.91. The van der Waals surface area contributed by atoms with E-state index in [4.69, 9.17) is 21.4 Å². The monoisotopic (exact) mass is 755 g/mol. The van der Waals surface area contributed by atoms with Crippen molar-refractivity contribution in [3.63, 3.8) is 0 Å². The molecule has 7 rings (SSSR count). The SMILES string of the molecule is CC1C2c3c(c(=O)n(C)nc(C4=CCOCC4)n(C)n3CC(=O)Nc3ccc(C(F)(F)F)cc3Cl)C3(CCC(C)N(C(=O)c4ncccc4O)CC3)C12. The number of hydrogen-bond donors (Lipinski definition) is 2. The van der Waals surface area contributed by atoms with Gasteiger partial charge in [-0.1, -0.05) is 24.6 Å². The van der Waals surface area contributed by atoms with E-state index >= 15 is 0 Å². The molecule has 0 radical (unpaired) electrons. The number of anilines is 1. The maximum Gasteiger partial charge on any atom is 0.416 e. The zero-order valence-corrected chi connectivity index (χ0v) is 30.5. The summed E-state index contributed by atoms with van der Waals surface area (Å²) in [6.07, 6.45) is 0.913. The number of amides is 2. The van der Waals surface area contributed by atoms with Gasteiger partial charge in [-0.2, -0.15) is 18.3 Å². The first-order valence-corrected chi connectivity index (χ1v) is 18.0. The lowest BCUT2D eigenvalue weighted by Gasteiger charge is -2.33. The van der Waals surface area contributed by atoms with Crippen molar-refractivity contribution >= 4 is 34.7 Å². The molecule has 0 bridgehead atoms. The second-order valence-electron chi connectivity index (χ2n) is 14.5. The number of benzene rings is 1. The third kappa shape index (κ3) is 6.41. The molecule has 16 heteroatoms. The van der Waals surface area contributed by atoms with Gasteiger partial charge in [-0.15, -0.1) is 0 Å². The van der Waals surface area contributed by atoms with Gasteiger partial charge in [0.2, 0.25) is 5.91 Å². The Labute approximate surface area is 308 Å². The molecule has 2 aliphatic carbocycles. The van der Waals surface area contributed by atoms with E-state index in [0.29, 0.717) is 62.5 Å². The number of rotatable bonds is 5. The summed E-state index contributed by atoms with van der Waals surface area (Å²) < 4.78 is 50.5. The zero-order valence-electron chi connectivity index (χ0n) is 29.8. The van der Waals surface area contributed by atoms with Crippen molar-refractivity contribution in [2.45, 2.75) is 69.6 Å². The molecule has 2 N–H and O–H groups in total. The Balaban J connectivity index is 1.35. The number of nitrogens with zero attached hydrogens (tertiary/aromatic N) is 6. The maximum atomic E-state index is 14.8. The van der Waals surface area contributed by atoms with Gasteiger partial charge in [-0.25, -0.2) is 9.67 Å². The van der Waals surface area contributed by atoms with E-state index < -0.39 is 23.1 Å². The highest BCUT2D eigenvalue weighted by Gasteiger charge is 2.68. The third-order valence-electron chi connectivity index (χ3n) is 11.5. The number of nitrogens with one attached hydrogen (secondary N) is 1. The molecule has 5 atom stereocenters. The zero-order chi connectivity index (χ0) is 38.0. The molecule has 2 fully saturated rings. The van der Waals surface area contributed by atoms with E-state index in [9.17, 15) is 32.7 Å².